The number of benzene rings is 2. The zero-order chi connectivity index (χ0) is 20.3. The second-order valence-electron chi connectivity index (χ2n) is 6.18. The van der Waals surface area contributed by atoms with Crippen molar-refractivity contribution in [3.8, 4) is 17.0 Å². The van der Waals surface area contributed by atoms with Crippen LogP contribution in [0.15, 0.2) is 65.1 Å². The Bertz CT molecular complexity index is 1170. The molecule has 0 bridgehead atoms. The van der Waals surface area contributed by atoms with Crippen LogP contribution in [0.2, 0.25) is 0 Å². The Hall–Kier alpha value is -2.79. The molecule has 29 heavy (non-hydrogen) atoms. The molecule has 4 rings (SSSR count). The van der Waals surface area contributed by atoms with Crippen molar-refractivity contribution < 1.29 is 17.9 Å². The van der Waals surface area contributed by atoms with Gasteiger partial charge in [-0.05, 0) is 29.8 Å². The second-order valence-corrected chi connectivity index (χ2v) is 8.87. The van der Waals surface area contributed by atoms with E-state index in [0.717, 1.165) is 28.2 Å². The van der Waals surface area contributed by atoms with Gasteiger partial charge in [-0.1, -0.05) is 41.7 Å². The highest BCUT2D eigenvalue weighted by molar-refractivity contribution is 7.91. The fraction of sp³-hybridized carbons (Fsp3) is 0.158. The average Bonchev–Trinajstić information content (AvgIpc) is 3.28. The van der Waals surface area contributed by atoms with Crippen LogP contribution >= 0.6 is 11.3 Å². The highest BCUT2D eigenvalue weighted by Crippen LogP contribution is 2.25. The molecule has 2 aromatic heterocycles. The molecule has 8 nitrogen and oxygen atoms in total. The summed E-state index contributed by atoms with van der Waals surface area (Å²) < 4.78 is 35.2. The minimum Gasteiger partial charge on any atom is -0.491 e. The van der Waals surface area contributed by atoms with Gasteiger partial charge in [-0.25, -0.2) is 23.1 Å². The molecule has 2 heterocycles. The summed E-state index contributed by atoms with van der Waals surface area (Å²) in [7, 11) is -3.83. The Morgan fingerprint density at radius 3 is 2.48 bits per heavy atom. The quantitative estimate of drug-likeness (QED) is 0.431. The summed E-state index contributed by atoms with van der Waals surface area (Å²) in [6.07, 6.45) is 1.66. The van der Waals surface area contributed by atoms with Gasteiger partial charge in [-0.3, -0.25) is 0 Å². The zero-order valence-corrected chi connectivity index (χ0v) is 16.9. The summed E-state index contributed by atoms with van der Waals surface area (Å²) in [5.41, 5.74) is 2.68. The van der Waals surface area contributed by atoms with Crippen molar-refractivity contribution in [1.82, 2.24) is 14.6 Å². The Morgan fingerprint density at radius 1 is 1.03 bits per heavy atom. The molecule has 4 aromatic rings. The van der Waals surface area contributed by atoms with E-state index < -0.39 is 10.0 Å². The SMILES string of the molecule is NS(=O)(=O)c1nn2cc(-c3ccc(OCCOCc4ccccc4)cc3)nc2s1. The third-order valence-electron chi connectivity index (χ3n) is 4.03. The van der Waals surface area contributed by atoms with Gasteiger partial charge < -0.3 is 9.47 Å². The van der Waals surface area contributed by atoms with Crippen LogP contribution < -0.4 is 9.88 Å². The largest absolute Gasteiger partial charge is 0.491 e. The summed E-state index contributed by atoms with van der Waals surface area (Å²) in [5, 5.41) is 9.04. The van der Waals surface area contributed by atoms with Gasteiger partial charge in [0, 0.05) is 5.56 Å². The van der Waals surface area contributed by atoms with Crippen molar-refractivity contribution in [3.05, 3.63) is 66.4 Å². The monoisotopic (exact) mass is 430 g/mol. The molecule has 0 spiro atoms. The van der Waals surface area contributed by atoms with Crippen LogP contribution in [0.4, 0.5) is 0 Å². The first-order valence-corrected chi connectivity index (χ1v) is 11.1. The number of rotatable bonds is 8. The number of hydrogen-bond donors (Lipinski definition) is 1. The van der Waals surface area contributed by atoms with E-state index in [1.807, 2.05) is 54.6 Å². The van der Waals surface area contributed by atoms with E-state index in [1.54, 1.807) is 6.20 Å². The lowest BCUT2D eigenvalue weighted by Crippen LogP contribution is -2.12. The molecule has 0 aliphatic rings. The smallest absolute Gasteiger partial charge is 0.267 e. The molecule has 0 atom stereocenters. The minimum absolute atomic E-state index is 0.162. The van der Waals surface area contributed by atoms with Crippen molar-refractivity contribution >= 4 is 26.3 Å². The van der Waals surface area contributed by atoms with E-state index in [-0.39, 0.29) is 4.34 Å². The molecular weight excluding hydrogens is 412 g/mol. The number of imidazole rings is 1. The Labute approximate surface area is 171 Å². The third kappa shape index (κ3) is 4.80. The molecule has 2 N–H and O–H groups in total. The van der Waals surface area contributed by atoms with Crippen molar-refractivity contribution in [2.45, 2.75) is 10.9 Å². The predicted octanol–water partition coefficient (Wildman–Crippen LogP) is 2.70. The molecule has 10 heteroatoms. The number of sulfonamides is 1. The molecule has 0 fully saturated rings. The normalized spacial score (nSPS) is 11.8. The van der Waals surface area contributed by atoms with Crippen LogP contribution in [0.3, 0.4) is 0 Å². The predicted molar refractivity (Wildman–Crippen MR) is 109 cm³/mol. The van der Waals surface area contributed by atoms with Crippen molar-refractivity contribution in [2.75, 3.05) is 13.2 Å². The lowest BCUT2D eigenvalue weighted by Gasteiger charge is -2.08. The lowest BCUT2D eigenvalue weighted by atomic mass is 10.2. The Balaban J connectivity index is 1.32. The van der Waals surface area contributed by atoms with E-state index >= 15 is 0 Å². The summed E-state index contributed by atoms with van der Waals surface area (Å²) in [6.45, 7) is 1.50. The van der Waals surface area contributed by atoms with Gasteiger partial charge in [0.15, 0.2) is 0 Å². The lowest BCUT2D eigenvalue weighted by molar-refractivity contribution is 0.0889. The molecule has 0 amide bonds. The first-order valence-electron chi connectivity index (χ1n) is 8.73. The van der Waals surface area contributed by atoms with Gasteiger partial charge in [-0.15, -0.1) is 5.10 Å². The van der Waals surface area contributed by atoms with Crippen molar-refractivity contribution in [1.29, 1.82) is 0 Å². The van der Waals surface area contributed by atoms with Crippen LogP contribution in [0.1, 0.15) is 5.56 Å². The highest BCUT2D eigenvalue weighted by Gasteiger charge is 2.17. The minimum atomic E-state index is -3.83. The van der Waals surface area contributed by atoms with Crippen LogP contribution in [-0.4, -0.2) is 36.2 Å². The molecule has 150 valence electrons. The van der Waals surface area contributed by atoms with Gasteiger partial charge in [0.1, 0.15) is 12.4 Å². The maximum atomic E-state index is 11.4. The molecule has 0 aliphatic heterocycles. The van der Waals surface area contributed by atoms with Gasteiger partial charge in [0.25, 0.3) is 10.0 Å². The van der Waals surface area contributed by atoms with Crippen LogP contribution in [-0.2, 0) is 21.4 Å². The van der Waals surface area contributed by atoms with E-state index in [9.17, 15) is 8.42 Å². The van der Waals surface area contributed by atoms with Gasteiger partial charge in [0.05, 0.1) is 25.1 Å². The number of nitrogens with zero attached hydrogens (tertiary/aromatic N) is 3. The van der Waals surface area contributed by atoms with E-state index in [4.69, 9.17) is 14.6 Å². The summed E-state index contributed by atoms with van der Waals surface area (Å²) in [4.78, 5) is 4.86. The molecule has 2 aromatic carbocycles. The Kier molecular flexibility index (Phi) is 5.58. The number of fused-ring (bicyclic) bond motifs is 1. The van der Waals surface area contributed by atoms with Gasteiger partial charge >= 0.3 is 0 Å². The molecule has 0 radical (unpaired) electrons. The van der Waals surface area contributed by atoms with Crippen LogP contribution in [0.25, 0.3) is 16.2 Å². The fourth-order valence-corrected chi connectivity index (χ4v) is 4.15. The number of ether oxygens (including phenoxy) is 2. The molecular formula is C19H18N4O4S2. The van der Waals surface area contributed by atoms with E-state index in [1.165, 1.54) is 4.52 Å². The second kappa shape index (κ2) is 8.29. The van der Waals surface area contributed by atoms with Gasteiger partial charge in [-0.2, -0.15) is 0 Å². The zero-order valence-electron chi connectivity index (χ0n) is 15.3. The van der Waals surface area contributed by atoms with Gasteiger partial charge in [0.2, 0.25) is 9.30 Å². The summed E-state index contributed by atoms with van der Waals surface area (Å²) >= 11 is 0.926. The van der Waals surface area contributed by atoms with Crippen molar-refractivity contribution in [3.63, 3.8) is 0 Å². The fourth-order valence-electron chi connectivity index (χ4n) is 2.64. The van der Waals surface area contributed by atoms with E-state index in [2.05, 4.69) is 10.1 Å². The third-order valence-corrected chi connectivity index (χ3v) is 6.26. The molecule has 0 saturated carbocycles. The van der Waals surface area contributed by atoms with Crippen LogP contribution in [0.5, 0.6) is 5.75 Å². The first-order chi connectivity index (χ1) is 14.0. The maximum absolute atomic E-state index is 11.4. The Morgan fingerprint density at radius 2 is 1.79 bits per heavy atom. The number of aromatic nitrogens is 3. The standard InChI is InChI=1S/C19H18N4O4S2/c20-29(24,25)19-22-23-12-17(21-18(23)28-19)15-6-8-16(9-7-15)27-11-10-26-13-14-4-2-1-3-5-14/h1-9,12H,10-11,13H2,(H2,20,24,25). The maximum Gasteiger partial charge on any atom is 0.267 e. The van der Waals surface area contributed by atoms with E-state index in [0.29, 0.717) is 30.5 Å². The topological polar surface area (TPSA) is 109 Å². The average molecular weight is 431 g/mol. The summed E-state index contributed by atoms with van der Waals surface area (Å²) in [5.74, 6) is 0.729. The highest BCUT2D eigenvalue weighted by atomic mass is 32.2. The number of nitrogens with two attached hydrogens (primary N) is 1. The number of primary sulfonamides is 1. The molecule has 0 saturated heterocycles. The first kappa shape index (κ1) is 19.5. The number of hydrogen-bond acceptors (Lipinski definition) is 7. The molecule has 0 unspecified atom stereocenters. The summed E-state index contributed by atoms with van der Waals surface area (Å²) in [6, 6.07) is 17.4. The molecule has 0 aliphatic carbocycles. The van der Waals surface area contributed by atoms with Crippen molar-refractivity contribution in [2.24, 2.45) is 5.14 Å². The van der Waals surface area contributed by atoms with Crippen LogP contribution in [0, 0.1) is 0 Å².